The van der Waals surface area contributed by atoms with Gasteiger partial charge >= 0.3 is 0 Å². The maximum atomic E-state index is 6.78. The van der Waals surface area contributed by atoms with E-state index in [0.717, 1.165) is 39.6 Å². The van der Waals surface area contributed by atoms with E-state index in [1.165, 1.54) is 59.9 Å². The molecule has 0 saturated carbocycles. The van der Waals surface area contributed by atoms with Gasteiger partial charge in [0.15, 0.2) is 0 Å². The highest BCUT2D eigenvalue weighted by Gasteiger charge is 2.25. The first-order valence-electron chi connectivity index (χ1n) is 16.8. The van der Waals surface area contributed by atoms with Gasteiger partial charge in [-0.1, -0.05) is 103 Å². The number of rotatable bonds is 3. The van der Waals surface area contributed by atoms with Crippen LogP contribution in [0.15, 0.2) is 170 Å². The van der Waals surface area contributed by atoms with E-state index in [9.17, 15) is 0 Å². The van der Waals surface area contributed by atoms with E-state index in [1.807, 2.05) is 0 Å². The van der Waals surface area contributed by atoms with Crippen LogP contribution in [-0.2, 0) is 0 Å². The zero-order chi connectivity index (χ0) is 32.1. The summed E-state index contributed by atoms with van der Waals surface area (Å²) in [6, 6.07) is 61.1. The van der Waals surface area contributed by atoms with Crippen molar-refractivity contribution in [3.8, 4) is 45.1 Å². The third kappa shape index (κ3) is 3.73. The predicted octanol–water partition coefficient (Wildman–Crippen LogP) is 12.5. The predicted molar refractivity (Wildman–Crippen MR) is 204 cm³/mol. The number of hydrogen-bond acceptors (Lipinski definition) is 1. The second-order valence-corrected chi connectivity index (χ2v) is 12.9. The zero-order valence-electron chi connectivity index (χ0n) is 26.5. The Hall–Kier alpha value is -6.58. The molecular formula is C46H28N2O. The molecule has 0 spiro atoms. The molecule has 0 unspecified atom stereocenters. The largest absolute Gasteiger partial charge is 0.456 e. The Morgan fingerprint density at radius 1 is 0.327 bits per heavy atom. The normalized spacial score (nSPS) is 12.2. The summed E-state index contributed by atoms with van der Waals surface area (Å²) in [4.78, 5) is 0. The van der Waals surface area contributed by atoms with Gasteiger partial charge in [-0.3, -0.25) is 0 Å². The smallest absolute Gasteiger partial charge is 0.135 e. The third-order valence-electron chi connectivity index (χ3n) is 10.3. The Morgan fingerprint density at radius 3 is 1.69 bits per heavy atom. The number of fused-ring (bicyclic) bond motifs is 9. The van der Waals surface area contributed by atoms with Crippen molar-refractivity contribution >= 4 is 54.4 Å². The molecule has 0 bridgehead atoms. The van der Waals surface area contributed by atoms with E-state index in [-0.39, 0.29) is 0 Å². The first kappa shape index (κ1) is 26.5. The maximum absolute atomic E-state index is 6.78. The summed E-state index contributed by atoms with van der Waals surface area (Å²) in [6.45, 7) is 0. The van der Waals surface area contributed by atoms with Crippen LogP contribution in [0.5, 0.6) is 11.5 Å². The minimum Gasteiger partial charge on any atom is -0.456 e. The second kappa shape index (κ2) is 9.96. The highest BCUT2D eigenvalue weighted by molar-refractivity contribution is 6.26. The van der Waals surface area contributed by atoms with Gasteiger partial charge in [0.25, 0.3) is 0 Å². The third-order valence-corrected chi connectivity index (χ3v) is 10.3. The summed E-state index contributed by atoms with van der Waals surface area (Å²) in [5.41, 5.74) is 11.7. The minimum absolute atomic E-state index is 0.878. The SMILES string of the molecule is c1ccc(-n2c3ccccc3c3ccc(-c4ccc5c(c4)Oc4cccc6c4c-5cc4c6c5ccccc5n4-c4ccccc4)cc32)cc1. The molecule has 1 aliphatic rings. The van der Waals surface area contributed by atoms with Gasteiger partial charge in [0.1, 0.15) is 11.5 Å². The molecule has 10 aromatic rings. The lowest BCUT2D eigenvalue weighted by Gasteiger charge is -2.23. The molecule has 0 fully saturated rings. The van der Waals surface area contributed by atoms with Crippen LogP contribution in [0.4, 0.5) is 0 Å². The van der Waals surface area contributed by atoms with E-state index < -0.39 is 0 Å². The molecule has 2 aromatic heterocycles. The van der Waals surface area contributed by atoms with Crippen LogP contribution in [-0.4, -0.2) is 9.13 Å². The fourth-order valence-electron chi connectivity index (χ4n) is 8.19. The van der Waals surface area contributed by atoms with Crippen molar-refractivity contribution in [1.29, 1.82) is 0 Å². The summed E-state index contributed by atoms with van der Waals surface area (Å²) in [7, 11) is 0. The lowest BCUT2D eigenvalue weighted by atomic mass is 9.90. The average Bonchev–Trinajstić information content (AvgIpc) is 3.68. The first-order chi connectivity index (χ1) is 24.3. The second-order valence-electron chi connectivity index (χ2n) is 12.9. The summed E-state index contributed by atoms with van der Waals surface area (Å²) >= 11 is 0. The number of aromatic nitrogens is 2. The molecule has 0 N–H and O–H groups in total. The van der Waals surface area contributed by atoms with Crippen LogP contribution < -0.4 is 4.74 Å². The molecule has 0 amide bonds. The highest BCUT2D eigenvalue weighted by Crippen LogP contribution is 2.51. The van der Waals surface area contributed by atoms with Crippen molar-refractivity contribution in [2.45, 2.75) is 0 Å². The Morgan fingerprint density at radius 2 is 0.918 bits per heavy atom. The van der Waals surface area contributed by atoms with Crippen LogP contribution >= 0.6 is 0 Å². The van der Waals surface area contributed by atoms with Gasteiger partial charge in [-0.25, -0.2) is 0 Å². The number of nitrogens with zero attached hydrogens (tertiary/aromatic N) is 2. The van der Waals surface area contributed by atoms with Crippen molar-refractivity contribution in [3.05, 3.63) is 170 Å². The van der Waals surface area contributed by atoms with Crippen LogP contribution in [0.25, 0.3) is 88.0 Å². The summed E-state index contributed by atoms with van der Waals surface area (Å²) in [5, 5.41) is 7.38. The molecular weight excluding hydrogens is 597 g/mol. The van der Waals surface area contributed by atoms with Crippen molar-refractivity contribution in [2.75, 3.05) is 0 Å². The minimum atomic E-state index is 0.878. The van der Waals surface area contributed by atoms with Gasteiger partial charge in [0.05, 0.1) is 22.1 Å². The standard InChI is InChI=1S/C46H28N2O/c1-3-12-31(13-4-1)47-39-19-9-7-16-33(39)34-24-22-29(26-41(34)47)30-23-25-35-38-28-42-45(37-18-11-21-43(46(37)38)49-44(35)27-30)36-17-8-10-20-40(36)48(42)32-14-5-2-6-15-32/h1-28H. The van der Waals surface area contributed by atoms with Gasteiger partial charge in [0.2, 0.25) is 0 Å². The molecule has 0 atom stereocenters. The van der Waals surface area contributed by atoms with E-state index in [4.69, 9.17) is 4.74 Å². The van der Waals surface area contributed by atoms with Crippen LogP contribution in [0.1, 0.15) is 0 Å². The number of para-hydroxylation sites is 4. The average molecular weight is 625 g/mol. The molecule has 3 heteroatoms. The topological polar surface area (TPSA) is 19.1 Å². The molecule has 3 nitrogen and oxygen atoms in total. The monoisotopic (exact) mass is 624 g/mol. The van der Waals surface area contributed by atoms with Gasteiger partial charge in [-0.2, -0.15) is 0 Å². The van der Waals surface area contributed by atoms with Crippen molar-refractivity contribution < 1.29 is 4.74 Å². The molecule has 0 aliphatic carbocycles. The number of benzene rings is 8. The molecule has 228 valence electrons. The highest BCUT2D eigenvalue weighted by atomic mass is 16.5. The van der Waals surface area contributed by atoms with Crippen LogP contribution in [0.2, 0.25) is 0 Å². The van der Waals surface area contributed by atoms with E-state index in [0.29, 0.717) is 0 Å². The fraction of sp³-hybridized carbons (Fsp3) is 0. The molecule has 3 heterocycles. The maximum Gasteiger partial charge on any atom is 0.135 e. The fourth-order valence-corrected chi connectivity index (χ4v) is 8.19. The van der Waals surface area contributed by atoms with E-state index in [2.05, 4.69) is 179 Å². The summed E-state index contributed by atoms with van der Waals surface area (Å²) in [6.07, 6.45) is 0. The Labute approximate surface area is 282 Å². The molecule has 8 aromatic carbocycles. The van der Waals surface area contributed by atoms with Crippen molar-refractivity contribution in [3.63, 3.8) is 0 Å². The van der Waals surface area contributed by atoms with E-state index in [1.54, 1.807) is 0 Å². The van der Waals surface area contributed by atoms with E-state index >= 15 is 0 Å². The van der Waals surface area contributed by atoms with Crippen molar-refractivity contribution in [2.24, 2.45) is 0 Å². The lowest BCUT2D eigenvalue weighted by molar-refractivity contribution is 0.487. The summed E-state index contributed by atoms with van der Waals surface area (Å²) < 4.78 is 11.6. The van der Waals surface area contributed by atoms with Gasteiger partial charge in [-0.05, 0) is 88.8 Å². The number of ether oxygens (including phenoxy) is 1. The van der Waals surface area contributed by atoms with Gasteiger partial charge in [0, 0.05) is 43.9 Å². The molecule has 11 rings (SSSR count). The molecule has 0 saturated heterocycles. The Kier molecular flexibility index (Phi) is 5.38. The molecule has 49 heavy (non-hydrogen) atoms. The Balaban J connectivity index is 1.13. The molecule has 0 radical (unpaired) electrons. The van der Waals surface area contributed by atoms with Crippen molar-refractivity contribution in [1.82, 2.24) is 9.13 Å². The first-order valence-corrected chi connectivity index (χ1v) is 16.8. The van der Waals surface area contributed by atoms with Crippen LogP contribution in [0.3, 0.4) is 0 Å². The van der Waals surface area contributed by atoms with Gasteiger partial charge < -0.3 is 13.9 Å². The lowest BCUT2D eigenvalue weighted by Crippen LogP contribution is -1.99. The van der Waals surface area contributed by atoms with Crippen LogP contribution in [0, 0.1) is 0 Å². The summed E-state index contributed by atoms with van der Waals surface area (Å²) in [5.74, 6) is 1.78. The van der Waals surface area contributed by atoms with Gasteiger partial charge in [-0.15, -0.1) is 0 Å². The molecule has 1 aliphatic heterocycles. The Bertz CT molecular complexity index is 2950. The zero-order valence-corrected chi connectivity index (χ0v) is 26.5. The quantitative estimate of drug-likeness (QED) is 0.191. The number of hydrogen-bond donors (Lipinski definition) is 0.